The van der Waals surface area contributed by atoms with Gasteiger partial charge in [-0.15, -0.1) is 5.10 Å². The zero-order chi connectivity index (χ0) is 18.3. The van der Waals surface area contributed by atoms with E-state index in [2.05, 4.69) is 26.0 Å². The standard InChI is InChI=1S/C17H9BrN4O3S/c18-12-7-5-10(6-8-12)15-19-17-21(20-15)16(23)14(26-17)9-11-3-1-2-4-13(11)22(24)25/h1-9H/b14-9-. The molecule has 26 heavy (non-hydrogen) atoms. The lowest BCUT2D eigenvalue weighted by molar-refractivity contribution is -0.385. The number of benzene rings is 2. The van der Waals surface area contributed by atoms with Gasteiger partial charge in [0.25, 0.3) is 11.2 Å². The van der Waals surface area contributed by atoms with Crippen molar-refractivity contribution in [1.82, 2.24) is 14.6 Å². The number of hydrogen-bond donors (Lipinski definition) is 0. The van der Waals surface area contributed by atoms with Crippen LogP contribution in [0.5, 0.6) is 0 Å². The predicted octanol–water partition coefficient (Wildman–Crippen LogP) is 3.04. The molecule has 0 atom stereocenters. The number of nitro benzene ring substituents is 1. The van der Waals surface area contributed by atoms with Crippen molar-refractivity contribution < 1.29 is 4.92 Å². The van der Waals surface area contributed by atoms with E-state index in [-0.39, 0.29) is 11.2 Å². The van der Waals surface area contributed by atoms with E-state index in [9.17, 15) is 14.9 Å². The van der Waals surface area contributed by atoms with Crippen molar-refractivity contribution in [3.63, 3.8) is 0 Å². The molecule has 0 saturated heterocycles. The molecule has 0 spiro atoms. The van der Waals surface area contributed by atoms with Gasteiger partial charge >= 0.3 is 0 Å². The summed E-state index contributed by atoms with van der Waals surface area (Å²) in [6.45, 7) is 0. The van der Waals surface area contributed by atoms with Gasteiger partial charge in [-0.25, -0.2) is 0 Å². The van der Waals surface area contributed by atoms with E-state index >= 15 is 0 Å². The highest BCUT2D eigenvalue weighted by atomic mass is 79.9. The van der Waals surface area contributed by atoms with E-state index in [1.165, 1.54) is 16.7 Å². The first-order valence-electron chi connectivity index (χ1n) is 7.43. The molecule has 9 heteroatoms. The fourth-order valence-electron chi connectivity index (χ4n) is 2.47. The number of aromatic nitrogens is 3. The molecule has 0 fully saturated rings. The molecule has 128 valence electrons. The first-order valence-corrected chi connectivity index (χ1v) is 9.04. The molecule has 2 aromatic heterocycles. The Morgan fingerprint density at radius 2 is 1.88 bits per heavy atom. The summed E-state index contributed by atoms with van der Waals surface area (Å²) in [4.78, 5) is 28.1. The van der Waals surface area contributed by atoms with Gasteiger partial charge in [-0.2, -0.15) is 9.50 Å². The Labute approximate surface area is 158 Å². The van der Waals surface area contributed by atoms with Crippen molar-refractivity contribution in [3.8, 4) is 11.4 Å². The Morgan fingerprint density at radius 3 is 2.58 bits per heavy atom. The summed E-state index contributed by atoms with van der Waals surface area (Å²) in [5.41, 5.74) is 0.764. The largest absolute Gasteiger partial charge is 0.291 e. The Balaban J connectivity index is 1.83. The summed E-state index contributed by atoms with van der Waals surface area (Å²) in [6.07, 6.45) is 1.50. The molecule has 0 aliphatic rings. The lowest BCUT2D eigenvalue weighted by Crippen LogP contribution is -2.23. The maximum absolute atomic E-state index is 12.6. The molecule has 0 aliphatic carbocycles. The average Bonchev–Trinajstić information content (AvgIpc) is 3.16. The van der Waals surface area contributed by atoms with Crippen LogP contribution < -0.4 is 10.1 Å². The van der Waals surface area contributed by atoms with Crippen LogP contribution >= 0.6 is 27.3 Å². The number of para-hydroxylation sites is 1. The summed E-state index contributed by atoms with van der Waals surface area (Å²) >= 11 is 4.51. The number of halogens is 1. The van der Waals surface area contributed by atoms with Gasteiger partial charge in [-0.05, 0) is 24.3 Å². The van der Waals surface area contributed by atoms with Crippen molar-refractivity contribution in [3.05, 3.63) is 83.6 Å². The minimum atomic E-state index is -0.473. The molecule has 4 aromatic rings. The van der Waals surface area contributed by atoms with Crippen molar-refractivity contribution in [2.45, 2.75) is 0 Å². The second-order valence-corrected chi connectivity index (χ2v) is 7.29. The van der Waals surface area contributed by atoms with E-state index in [1.54, 1.807) is 18.2 Å². The van der Waals surface area contributed by atoms with E-state index in [0.717, 1.165) is 21.4 Å². The number of thiazole rings is 1. The third-order valence-corrected chi connectivity index (χ3v) is 5.19. The molecule has 0 amide bonds. The van der Waals surface area contributed by atoms with Crippen LogP contribution in [0.3, 0.4) is 0 Å². The molecule has 2 heterocycles. The van der Waals surface area contributed by atoms with Crippen LogP contribution in [0.15, 0.2) is 57.8 Å². The fraction of sp³-hybridized carbons (Fsp3) is 0. The van der Waals surface area contributed by atoms with Gasteiger partial charge in [0.2, 0.25) is 4.96 Å². The third-order valence-electron chi connectivity index (χ3n) is 3.70. The molecule has 2 aromatic carbocycles. The summed E-state index contributed by atoms with van der Waals surface area (Å²) < 4.78 is 2.51. The van der Waals surface area contributed by atoms with Gasteiger partial charge in [0.1, 0.15) is 0 Å². The van der Waals surface area contributed by atoms with E-state index in [4.69, 9.17) is 0 Å². The van der Waals surface area contributed by atoms with Crippen molar-refractivity contribution >= 4 is 44.0 Å². The van der Waals surface area contributed by atoms with Gasteiger partial charge < -0.3 is 0 Å². The van der Waals surface area contributed by atoms with Crippen LogP contribution in [0.4, 0.5) is 5.69 Å². The van der Waals surface area contributed by atoms with Crippen LogP contribution in [0, 0.1) is 10.1 Å². The van der Waals surface area contributed by atoms with Crippen LogP contribution in [0.1, 0.15) is 5.56 Å². The van der Waals surface area contributed by atoms with Gasteiger partial charge in [-0.3, -0.25) is 14.9 Å². The van der Waals surface area contributed by atoms with Gasteiger partial charge in [-0.1, -0.05) is 51.5 Å². The zero-order valence-electron chi connectivity index (χ0n) is 13.0. The minimum Gasteiger partial charge on any atom is -0.266 e. The number of fused-ring (bicyclic) bond motifs is 1. The van der Waals surface area contributed by atoms with Crippen LogP contribution in [-0.4, -0.2) is 19.5 Å². The number of hydrogen-bond acceptors (Lipinski definition) is 6. The molecule has 0 bridgehead atoms. The topological polar surface area (TPSA) is 90.4 Å². The van der Waals surface area contributed by atoms with E-state index < -0.39 is 4.92 Å². The Morgan fingerprint density at radius 1 is 1.15 bits per heavy atom. The lowest BCUT2D eigenvalue weighted by atomic mass is 10.2. The Hall–Kier alpha value is -2.91. The number of rotatable bonds is 3. The predicted molar refractivity (Wildman–Crippen MR) is 102 cm³/mol. The van der Waals surface area contributed by atoms with Crippen molar-refractivity contribution in [2.24, 2.45) is 0 Å². The quantitative estimate of drug-likeness (QED) is 0.369. The SMILES string of the molecule is O=c1/c(=C/c2ccccc2[N+](=O)[O-])sc2nc(-c3ccc(Br)cc3)nn12. The van der Waals surface area contributed by atoms with E-state index in [1.807, 2.05) is 24.3 Å². The minimum absolute atomic E-state index is 0.0542. The molecular formula is C17H9BrN4O3S. The van der Waals surface area contributed by atoms with Crippen LogP contribution in [0.2, 0.25) is 0 Å². The summed E-state index contributed by atoms with van der Waals surface area (Å²) in [6, 6.07) is 13.7. The molecule has 4 rings (SSSR count). The molecule has 0 saturated carbocycles. The fourth-order valence-corrected chi connectivity index (χ4v) is 3.64. The number of nitrogens with zero attached hydrogens (tertiary/aromatic N) is 4. The normalized spacial score (nSPS) is 12.0. The molecule has 0 N–H and O–H groups in total. The lowest BCUT2D eigenvalue weighted by Gasteiger charge is -1.95. The highest BCUT2D eigenvalue weighted by Gasteiger charge is 2.14. The average molecular weight is 429 g/mol. The highest BCUT2D eigenvalue weighted by molar-refractivity contribution is 9.10. The zero-order valence-corrected chi connectivity index (χ0v) is 15.4. The van der Waals surface area contributed by atoms with E-state index in [0.29, 0.717) is 20.9 Å². The summed E-state index contributed by atoms with van der Waals surface area (Å²) in [5, 5.41) is 15.4. The molecule has 0 aliphatic heterocycles. The summed E-state index contributed by atoms with van der Waals surface area (Å²) in [7, 11) is 0. The molecule has 7 nitrogen and oxygen atoms in total. The molecule has 0 unspecified atom stereocenters. The second kappa shape index (κ2) is 6.43. The van der Waals surface area contributed by atoms with Crippen molar-refractivity contribution in [1.29, 1.82) is 0 Å². The first kappa shape index (κ1) is 16.6. The smallest absolute Gasteiger partial charge is 0.266 e. The summed E-state index contributed by atoms with van der Waals surface area (Å²) in [5.74, 6) is 0.457. The van der Waals surface area contributed by atoms with Gasteiger partial charge in [0.05, 0.1) is 15.0 Å². The second-order valence-electron chi connectivity index (χ2n) is 5.37. The Bertz CT molecular complexity index is 1250. The maximum Gasteiger partial charge on any atom is 0.291 e. The third kappa shape index (κ3) is 2.91. The molecular weight excluding hydrogens is 420 g/mol. The first-order chi connectivity index (χ1) is 12.5. The molecule has 0 radical (unpaired) electrons. The van der Waals surface area contributed by atoms with Gasteiger partial charge in [0.15, 0.2) is 5.82 Å². The maximum atomic E-state index is 12.6. The van der Waals surface area contributed by atoms with Crippen LogP contribution in [-0.2, 0) is 0 Å². The van der Waals surface area contributed by atoms with Crippen LogP contribution in [0.25, 0.3) is 22.4 Å². The number of nitro groups is 1. The monoisotopic (exact) mass is 428 g/mol. The highest BCUT2D eigenvalue weighted by Crippen LogP contribution is 2.20. The van der Waals surface area contributed by atoms with Crippen molar-refractivity contribution in [2.75, 3.05) is 0 Å². The van der Waals surface area contributed by atoms with Gasteiger partial charge in [0, 0.05) is 16.1 Å². The Kier molecular flexibility index (Phi) is 4.09.